The van der Waals surface area contributed by atoms with Gasteiger partial charge in [-0.3, -0.25) is 4.79 Å². The summed E-state index contributed by atoms with van der Waals surface area (Å²) in [6.07, 6.45) is 2.97. The highest BCUT2D eigenvalue weighted by Crippen LogP contribution is 2.30. The first-order valence-corrected chi connectivity index (χ1v) is 8.74. The molecule has 0 spiro atoms. The first-order chi connectivity index (χ1) is 8.91. The molecule has 1 aliphatic heterocycles. The standard InChI is InChI=1S/C13H19NO3S2/c1-10(15)9-12-5-3-4-8-14(12)19(16,17)13-7-6-11(2)18-13/h6-7,12H,3-5,8-9H2,1-2H3. The van der Waals surface area contributed by atoms with E-state index in [0.29, 0.717) is 17.2 Å². The van der Waals surface area contributed by atoms with Gasteiger partial charge in [-0.05, 0) is 38.8 Å². The molecule has 4 nitrogen and oxygen atoms in total. The fraction of sp³-hybridized carbons (Fsp3) is 0.615. The molecule has 1 aromatic rings. The molecule has 2 rings (SSSR count). The summed E-state index contributed by atoms with van der Waals surface area (Å²) in [4.78, 5) is 12.3. The minimum Gasteiger partial charge on any atom is -0.300 e. The highest BCUT2D eigenvalue weighted by Gasteiger charge is 2.34. The zero-order chi connectivity index (χ0) is 14.0. The molecule has 1 aromatic heterocycles. The second kappa shape index (κ2) is 5.73. The Balaban J connectivity index is 2.28. The van der Waals surface area contributed by atoms with Crippen molar-refractivity contribution in [1.29, 1.82) is 0 Å². The smallest absolute Gasteiger partial charge is 0.252 e. The van der Waals surface area contributed by atoms with Crippen LogP contribution in [0.15, 0.2) is 16.3 Å². The van der Waals surface area contributed by atoms with E-state index in [4.69, 9.17) is 0 Å². The fourth-order valence-electron chi connectivity index (χ4n) is 2.49. The molecule has 0 bridgehead atoms. The van der Waals surface area contributed by atoms with Crippen molar-refractivity contribution < 1.29 is 13.2 Å². The Bertz CT molecular complexity index is 562. The monoisotopic (exact) mass is 301 g/mol. The van der Waals surface area contributed by atoms with Crippen molar-refractivity contribution >= 4 is 27.1 Å². The number of thiophene rings is 1. The van der Waals surface area contributed by atoms with Crippen LogP contribution in [0.5, 0.6) is 0 Å². The Morgan fingerprint density at radius 3 is 2.74 bits per heavy atom. The predicted molar refractivity (Wildman–Crippen MR) is 75.9 cm³/mol. The van der Waals surface area contributed by atoms with Gasteiger partial charge in [0, 0.05) is 23.9 Å². The number of aryl methyl sites for hydroxylation is 1. The van der Waals surface area contributed by atoms with E-state index in [1.165, 1.54) is 22.6 Å². The molecule has 1 aliphatic rings. The number of hydrogen-bond donors (Lipinski definition) is 0. The van der Waals surface area contributed by atoms with Gasteiger partial charge in [-0.2, -0.15) is 4.31 Å². The largest absolute Gasteiger partial charge is 0.300 e. The molecular weight excluding hydrogens is 282 g/mol. The average molecular weight is 301 g/mol. The van der Waals surface area contributed by atoms with Crippen LogP contribution >= 0.6 is 11.3 Å². The first-order valence-electron chi connectivity index (χ1n) is 6.49. The van der Waals surface area contributed by atoms with Crippen molar-refractivity contribution in [2.45, 2.75) is 49.8 Å². The van der Waals surface area contributed by atoms with Crippen molar-refractivity contribution in [3.63, 3.8) is 0 Å². The van der Waals surface area contributed by atoms with Crippen molar-refractivity contribution in [1.82, 2.24) is 4.31 Å². The molecule has 2 heterocycles. The molecule has 19 heavy (non-hydrogen) atoms. The quantitative estimate of drug-likeness (QED) is 0.859. The molecule has 0 saturated carbocycles. The molecular formula is C13H19NO3S2. The lowest BCUT2D eigenvalue weighted by atomic mass is 10.0. The van der Waals surface area contributed by atoms with Crippen molar-refractivity contribution in [3.05, 3.63) is 17.0 Å². The lowest BCUT2D eigenvalue weighted by Gasteiger charge is -2.33. The zero-order valence-corrected chi connectivity index (χ0v) is 12.9. The number of sulfonamides is 1. The van der Waals surface area contributed by atoms with Gasteiger partial charge in [0.15, 0.2) is 0 Å². The van der Waals surface area contributed by atoms with E-state index in [-0.39, 0.29) is 11.8 Å². The third kappa shape index (κ3) is 3.24. The van der Waals surface area contributed by atoms with Crippen LogP contribution in [0.2, 0.25) is 0 Å². The highest BCUT2D eigenvalue weighted by atomic mass is 32.2. The van der Waals surface area contributed by atoms with Gasteiger partial charge in [-0.15, -0.1) is 11.3 Å². The third-order valence-electron chi connectivity index (χ3n) is 3.37. The molecule has 0 aromatic carbocycles. The summed E-state index contributed by atoms with van der Waals surface area (Å²) in [7, 11) is -3.44. The van der Waals surface area contributed by atoms with Gasteiger partial charge in [-0.1, -0.05) is 6.42 Å². The molecule has 106 valence electrons. The van der Waals surface area contributed by atoms with Crippen LogP contribution in [-0.2, 0) is 14.8 Å². The van der Waals surface area contributed by atoms with Crippen molar-refractivity contribution in [2.24, 2.45) is 0 Å². The Labute approximate surface area is 118 Å². The van der Waals surface area contributed by atoms with E-state index in [0.717, 1.165) is 24.1 Å². The van der Waals surface area contributed by atoms with E-state index >= 15 is 0 Å². The van der Waals surface area contributed by atoms with Gasteiger partial charge >= 0.3 is 0 Å². The normalized spacial score (nSPS) is 21.5. The number of carbonyl (C=O) groups is 1. The van der Waals surface area contributed by atoms with Gasteiger partial charge in [0.2, 0.25) is 0 Å². The van der Waals surface area contributed by atoms with Gasteiger partial charge < -0.3 is 0 Å². The maximum absolute atomic E-state index is 12.6. The van der Waals surface area contributed by atoms with Gasteiger partial charge in [0.1, 0.15) is 9.99 Å². The molecule has 1 saturated heterocycles. The number of hydrogen-bond acceptors (Lipinski definition) is 4. The van der Waals surface area contributed by atoms with Gasteiger partial charge in [-0.25, -0.2) is 8.42 Å². The second-order valence-electron chi connectivity index (χ2n) is 5.04. The Morgan fingerprint density at radius 2 is 2.16 bits per heavy atom. The first kappa shape index (κ1) is 14.7. The minimum atomic E-state index is -3.44. The molecule has 1 fully saturated rings. The number of nitrogens with zero attached hydrogens (tertiary/aromatic N) is 1. The second-order valence-corrected chi connectivity index (χ2v) is 8.44. The summed E-state index contributed by atoms with van der Waals surface area (Å²) in [5, 5.41) is 0. The van der Waals surface area contributed by atoms with Crippen molar-refractivity contribution in [3.8, 4) is 0 Å². The maximum atomic E-state index is 12.6. The summed E-state index contributed by atoms with van der Waals surface area (Å²) >= 11 is 1.29. The highest BCUT2D eigenvalue weighted by molar-refractivity contribution is 7.91. The Morgan fingerprint density at radius 1 is 1.42 bits per heavy atom. The van der Waals surface area contributed by atoms with Crippen LogP contribution in [0, 0.1) is 6.92 Å². The summed E-state index contributed by atoms with van der Waals surface area (Å²) in [5.41, 5.74) is 0. The molecule has 0 N–H and O–H groups in total. The van der Waals surface area contributed by atoms with Crippen LogP contribution in [-0.4, -0.2) is 31.1 Å². The van der Waals surface area contributed by atoms with Crippen LogP contribution in [0.1, 0.15) is 37.5 Å². The number of rotatable bonds is 4. The summed E-state index contributed by atoms with van der Waals surface area (Å²) in [5.74, 6) is 0.0504. The summed E-state index contributed by atoms with van der Waals surface area (Å²) in [6.45, 7) is 3.94. The number of Topliss-reactive ketones (excluding diaryl/α,β-unsaturated/α-hetero) is 1. The van der Waals surface area contributed by atoms with Crippen LogP contribution in [0.3, 0.4) is 0 Å². The Hall–Kier alpha value is -0.720. The fourth-order valence-corrected chi connectivity index (χ4v) is 5.60. The zero-order valence-electron chi connectivity index (χ0n) is 11.3. The Kier molecular flexibility index (Phi) is 4.43. The summed E-state index contributed by atoms with van der Waals surface area (Å²) in [6, 6.07) is 3.31. The molecule has 1 unspecified atom stereocenters. The minimum absolute atomic E-state index is 0.0504. The van der Waals surface area contributed by atoms with E-state index < -0.39 is 10.0 Å². The molecule has 0 radical (unpaired) electrons. The van der Waals surface area contributed by atoms with E-state index in [2.05, 4.69) is 0 Å². The van der Waals surface area contributed by atoms with E-state index in [9.17, 15) is 13.2 Å². The topological polar surface area (TPSA) is 54.5 Å². The number of carbonyl (C=O) groups excluding carboxylic acids is 1. The number of piperidine rings is 1. The number of ketones is 1. The van der Waals surface area contributed by atoms with Gasteiger partial charge in [0.05, 0.1) is 0 Å². The lowest BCUT2D eigenvalue weighted by molar-refractivity contribution is -0.118. The molecule has 0 amide bonds. The molecule has 0 aliphatic carbocycles. The van der Waals surface area contributed by atoms with E-state index in [1.807, 2.05) is 13.0 Å². The van der Waals surface area contributed by atoms with E-state index in [1.54, 1.807) is 6.07 Å². The van der Waals surface area contributed by atoms with Crippen LogP contribution in [0.4, 0.5) is 0 Å². The van der Waals surface area contributed by atoms with Crippen LogP contribution < -0.4 is 0 Å². The average Bonchev–Trinajstić information content (AvgIpc) is 2.76. The molecule has 6 heteroatoms. The summed E-state index contributed by atoms with van der Waals surface area (Å²) < 4.78 is 27.2. The van der Waals surface area contributed by atoms with Gasteiger partial charge in [0.25, 0.3) is 10.0 Å². The maximum Gasteiger partial charge on any atom is 0.252 e. The SMILES string of the molecule is CC(=O)CC1CCCCN1S(=O)(=O)c1ccc(C)s1. The molecule has 1 atom stereocenters. The third-order valence-corrected chi connectivity index (χ3v) is 6.79. The van der Waals surface area contributed by atoms with Crippen molar-refractivity contribution in [2.75, 3.05) is 6.54 Å². The predicted octanol–water partition coefficient (Wildman–Crippen LogP) is 2.58. The lowest BCUT2D eigenvalue weighted by Crippen LogP contribution is -2.44. The van der Waals surface area contributed by atoms with Crippen LogP contribution in [0.25, 0.3) is 0 Å².